The van der Waals surface area contributed by atoms with E-state index in [1.165, 1.54) is 101 Å². The predicted molar refractivity (Wildman–Crippen MR) is 171 cm³/mol. The molecule has 3 aromatic rings. The zero-order chi connectivity index (χ0) is 28.1. The number of unbranched alkanes of at least 4 members (excludes halogenated alkanes) is 15. The van der Waals surface area contributed by atoms with Gasteiger partial charge in [0, 0.05) is 19.5 Å². The number of imidazole rings is 1. The smallest absolute Gasteiger partial charge is 0.224 e. The van der Waals surface area contributed by atoms with Crippen molar-refractivity contribution in [3.8, 4) is 0 Å². The number of hydrogen-bond donors (Lipinski definition) is 1. The molecule has 0 spiro atoms. The molecular formula is C36H55N3O. The van der Waals surface area contributed by atoms with E-state index in [0.29, 0.717) is 6.42 Å². The molecule has 0 radical (unpaired) electrons. The highest BCUT2D eigenvalue weighted by Gasteiger charge is 2.10. The van der Waals surface area contributed by atoms with Crippen LogP contribution in [0, 0.1) is 0 Å². The summed E-state index contributed by atoms with van der Waals surface area (Å²) in [5, 5.41) is 3.07. The van der Waals surface area contributed by atoms with Crippen molar-refractivity contribution < 1.29 is 4.79 Å². The van der Waals surface area contributed by atoms with Gasteiger partial charge >= 0.3 is 0 Å². The number of nitrogens with zero attached hydrogens (tertiary/aromatic N) is 2. The van der Waals surface area contributed by atoms with Crippen LogP contribution in [0.5, 0.6) is 0 Å². The minimum Gasteiger partial charge on any atom is -0.356 e. The van der Waals surface area contributed by atoms with Crippen LogP contribution in [-0.2, 0) is 24.2 Å². The lowest BCUT2D eigenvalue weighted by Crippen LogP contribution is -2.26. The molecule has 0 saturated carbocycles. The van der Waals surface area contributed by atoms with Crippen LogP contribution in [0.3, 0.4) is 0 Å². The lowest BCUT2D eigenvalue weighted by molar-refractivity contribution is -0.120. The summed E-state index contributed by atoms with van der Waals surface area (Å²) >= 11 is 0. The predicted octanol–water partition coefficient (Wildman–Crippen LogP) is 9.59. The SMILES string of the molecule is CCCCCCCCCCCCCCCCn1c(CCCCCNC(=O)Cc2ccccc2)nc2ccccc21. The lowest BCUT2D eigenvalue weighted by atomic mass is 10.0. The number of fused-ring (bicyclic) bond motifs is 1. The van der Waals surface area contributed by atoms with Crippen molar-refractivity contribution in [1.29, 1.82) is 0 Å². The normalized spacial score (nSPS) is 11.3. The molecule has 0 aliphatic heterocycles. The third-order valence-corrected chi connectivity index (χ3v) is 8.08. The fourth-order valence-corrected chi connectivity index (χ4v) is 5.69. The summed E-state index contributed by atoms with van der Waals surface area (Å²) in [6, 6.07) is 18.5. The van der Waals surface area contributed by atoms with Gasteiger partial charge in [0.2, 0.25) is 5.91 Å². The Morgan fingerprint density at radius 1 is 0.675 bits per heavy atom. The van der Waals surface area contributed by atoms with Gasteiger partial charge in [-0.05, 0) is 37.0 Å². The van der Waals surface area contributed by atoms with E-state index < -0.39 is 0 Å². The average molecular weight is 546 g/mol. The monoisotopic (exact) mass is 545 g/mol. The van der Waals surface area contributed by atoms with Crippen LogP contribution in [0.1, 0.15) is 127 Å². The molecule has 0 fully saturated rings. The average Bonchev–Trinajstić information content (AvgIpc) is 3.32. The Labute approximate surface area is 244 Å². The molecule has 0 bridgehead atoms. The maximum absolute atomic E-state index is 12.2. The number of nitrogens with one attached hydrogen (secondary N) is 1. The molecule has 4 nitrogen and oxygen atoms in total. The topological polar surface area (TPSA) is 46.9 Å². The van der Waals surface area contributed by atoms with Crippen LogP contribution >= 0.6 is 0 Å². The third kappa shape index (κ3) is 12.7. The highest BCUT2D eigenvalue weighted by atomic mass is 16.1. The molecule has 4 heteroatoms. The molecule has 1 amide bonds. The molecule has 220 valence electrons. The van der Waals surface area contributed by atoms with E-state index in [-0.39, 0.29) is 5.91 Å². The molecule has 1 aromatic heterocycles. The van der Waals surface area contributed by atoms with E-state index in [0.717, 1.165) is 49.9 Å². The molecule has 0 aliphatic rings. The van der Waals surface area contributed by atoms with Crippen LogP contribution in [-0.4, -0.2) is 22.0 Å². The second kappa shape index (κ2) is 20.3. The number of amides is 1. The number of carbonyl (C=O) groups excluding carboxylic acids is 1. The first-order chi connectivity index (χ1) is 19.8. The summed E-state index contributed by atoms with van der Waals surface area (Å²) in [6.45, 7) is 4.12. The molecule has 1 heterocycles. The van der Waals surface area contributed by atoms with Crippen molar-refractivity contribution in [1.82, 2.24) is 14.9 Å². The van der Waals surface area contributed by atoms with Crippen LogP contribution in [0.4, 0.5) is 0 Å². The standard InChI is InChI=1S/C36H55N3O/c1-2-3-4-5-6-7-8-9-10-11-12-13-14-23-30-39-34-27-21-20-26-33(34)38-35(39)28-19-16-22-29-37-36(40)31-32-24-17-15-18-25-32/h15,17-18,20-21,24-27H,2-14,16,19,22-23,28-31H2,1H3,(H,37,40). The quantitative estimate of drug-likeness (QED) is 0.121. The van der Waals surface area contributed by atoms with E-state index >= 15 is 0 Å². The van der Waals surface area contributed by atoms with Gasteiger partial charge < -0.3 is 9.88 Å². The van der Waals surface area contributed by atoms with E-state index in [9.17, 15) is 4.79 Å². The second-order valence-electron chi connectivity index (χ2n) is 11.6. The summed E-state index contributed by atoms with van der Waals surface area (Å²) < 4.78 is 2.47. The maximum Gasteiger partial charge on any atom is 0.224 e. The van der Waals surface area contributed by atoms with Crippen molar-refractivity contribution >= 4 is 16.9 Å². The zero-order valence-corrected chi connectivity index (χ0v) is 25.3. The molecule has 40 heavy (non-hydrogen) atoms. The van der Waals surface area contributed by atoms with E-state index in [1.807, 2.05) is 30.3 Å². The van der Waals surface area contributed by atoms with Gasteiger partial charge in [-0.1, -0.05) is 139 Å². The molecular weight excluding hydrogens is 490 g/mol. The highest BCUT2D eigenvalue weighted by molar-refractivity contribution is 5.78. The van der Waals surface area contributed by atoms with Gasteiger partial charge in [-0.25, -0.2) is 4.98 Å². The first-order valence-electron chi connectivity index (χ1n) is 16.5. The fraction of sp³-hybridized carbons (Fsp3) is 0.611. The van der Waals surface area contributed by atoms with Gasteiger partial charge in [0.05, 0.1) is 17.5 Å². The summed E-state index contributed by atoms with van der Waals surface area (Å²) in [7, 11) is 0. The number of aromatic nitrogens is 2. The zero-order valence-electron chi connectivity index (χ0n) is 25.3. The molecule has 1 N–H and O–H groups in total. The first-order valence-corrected chi connectivity index (χ1v) is 16.5. The minimum atomic E-state index is 0.112. The lowest BCUT2D eigenvalue weighted by Gasteiger charge is -2.10. The number of rotatable bonds is 23. The van der Waals surface area contributed by atoms with E-state index in [2.05, 4.69) is 41.1 Å². The van der Waals surface area contributed by atoms with Crippen LogP contribution < -0.4 is 5.32 Å². The van der Waals surface area contributed by atoms with Gasteiger partial charge in [0.25, 0.3) is 0 Å². The Hall–Kier alpha value is -2.62. The number of hydrogen-bond acceptors (Lipinski definition) is 2. The van der Waals surface area contributed by atoms with Crippen LogP contribution in [0.25, 0.3) is 11.0 Å². The number of para-hydroxylation sites is 2. The van der Waals surface area contributed by atoms with E-state index in [1.54, 1.807) is 0 Å². The largest absolute Gasteiger partial charge is 0.356 e. The minimum absolute atomic E-state index is 0.112. The Morgan fingerprint density at radius 3 is 1.93 bits per heavy atom. The van der Waals surface area contributed by atoms with Crippen LogP contribution in [0.2, 0.25) is 0 Å². The Kier molecular flexibility index (Phi) is 16.2. The molecule has 0 aliphatic carbocycles. The number of carbonyl (C=O) groups is 1. The Morgan fingerprint density at radius 2 is 1.25 bits per heavy atom. The molecule has 0 unspecified atom stereocenters. The maximum atomic E-state index is 12.2. The van der Waals surface area contributed by atoms with E-state index in [4.69, 9.17) is 4.98 Å². The summed E-state index contributed by atoms with van der Waals surface area (Å²) in [4.78, 5) is 17.1. The Bertz CT molecular complexity index is 1060. The second-order valence-corrected chi connectivity index (χ2v) is 11.6. The highest BCUT2D eigenvalue weighted by Crippen LogP contribution is 2.20. The molecule has 3 rings (SSSR count). The molecule has 0 saturated heterocycles. The van der Waals surface area contributed by atoms with Gasteiger partial charge in [-0.15, -0.1) is 0 Å². The fourth-order valence-electron chi connectivity index (χ4n) is 5.69. The molecule has 0 atom stereocenters. The number of benzene rings is 2. The summed E-state index contributed by atoms with van der Waals surface area (Å²) in [6.07, 6.45) is 24.2. The van der Waals surface area contributed by atoms with Gasteiger partial charge in [-0.2, -0.15) is 0 Å². The third-order valence-electron chi connectivity index (χ3n) is 8.08. The van der Waals surface area contributed by atoms with Gasteiger partial charge in [-0.3, -0.25) is 4.79 Å². The summed E-state index contributed by atoms with van der Waals surface area (Å²) in [5.74, 6) is 1.34. The van der Waals surface area contributed by atoms with Crippen LogP contribution in [0.15, 0.2) is 54.6 Å². The van der Waals surface area contributed by atoms with Crippen molar-refractivity contribution in [3.05, 3.63) is 66.0 Å². The van der Waals surface area contributed by atoms with Crippen molar-refractivity contribution in [2.75, 3.05) is 6.54 Å². The molecule has 2 aromatic carbocycles. The summed E-state index contributed by atoms with van der Waals surface area (Å²) in [5.41, 5.74) is 3.47. The van der Waals surface area contributed by atoms with Gasteiger partial charge in [0.1, 0.15) is 5.82 Å². The van der Waals surface area contributed by atoms with Crippen molar-refractivity contribution in [2.45, 2.75) is 135 Å². The van der Waals surface area contributed by atoms with Crippen molar-refractivity contribution in [2.24, 2.45) is 0 Å². The van der Waals surface area contributed by atoms with Gasteiger partial charge in [0.15, 0.2) is 0 Å². The first kappa shape index (κ1) is 31.9. The van der Waals surface area contributed by atoms with Crippen molar-refractivity contribution in [3.63, 3.8) is 0 Å². The number of aryl methyl sites for hydroxylation is 2. The Balaban J connectivity index is 1.26.